The van der Waals surface area contributed by atoms with Crippen LogP contribution < -0.4 is 4.72 Å². The van der Waals surface area contributed by atoms with E-state index in [0.29, 0.717) is 29.7 Å². The molecule has 4 aliphatic carbocycles. The van der Waals surface area contributed by atoms with Gasteiger partial charge in [-0.25, -0.2) is 8.78 Å². The standard InChI is InChI=1S/C41H42F2N2S/c1-26(2)40-17-20-41(21-18-40,22-19-40)33-10-6-8-31(23-33)38(30-13-11-29(12-14-30)28(4)42)39(35-24-34(43)15-16-36(35)45-46)37-27(3)7-5-9-32(37)25-44/h5-11,13,15-16,23-24,28,45-46H,1,12,14,17-22H2,2-4H3/b39-38-. The maximum Gasteiger partial charge on any atom is 0.123 e. The summed E-state index contributed by atoms with van der Waals surface area (Å²) in [7, 11) is 0. The topological polar surface area (TPSA) is 35.8 Å². The summed E-state index contributed by atoms with van der Waals surface area (Å²) in [6, 6.07) is 21.6. The molecule has 0 spiro atoms. The molecular weight excluding hydrogens is 591 g/mol. The molecule has 4 aliphatic rings. The van der Waals surface area contributed by atoms with E-state index in [1.54, 1.807) is 13.0 Å². The highest BCUT2D eigenvalue weighted by Gasteiger charge is 2.49. The first-order valence-electron chi connectivity index (χ1n) is 16.4. The first kappa shape index (κ1) is 32.1. The molecule has 236 valence electrons. The van der Waals surface area contributed by atoms with Gasteiger partial charge in [0.2, 0.25) is 0 Å². The summed E-state index contributed by atoms with van der Waals surface area (Å²) >= 11 is 4.42. The number of nitriles is 1. The Kier molecular flexibility index (Phi) is 8.87. The van der Waals surface area contributed by atoms with Gasteiger partial charge < -0.3 is 4.72 Å². The van der Waals surface area contributed by atoms with Crippen molar-refractivity contribution >= 4 is 29.6 Å². The fraction of sp³-hybridized carbons (Fsp3) is 0.341. The minimum absolute atomic E-state index is 0.104. The van der Waals surface area contributed by atoms with Crippen molar-refractivity contribution in [2.75, 3.05) is 4.72 Å². The molecule has 2 nitrogen and oxygen atoms in total. The third-order valence-corrected chi connectivity index (χ3v) is 11.4. The Morgan fingerprint density at radius 2 is 1.67 bits per heavy atom. The fourth-order valence-corrected chi connectivity index (χ4v) is 8.45. The van der Waals surface area contributed by atoms with Crippen LogP contribution in [0.2, 0.25) is 0 Å². The normalized spacial score (nSPS) is 23.5. The summed E-state index contributed by atoms with van der Waals surface area (Å²) in [5, 5.41) is 10.4. The van der Waals surface area contributed by atoms with E-state index in [2.05, 4.69) is 61.4 Å². The quantitative estimate of drug-likeness (QED) is 0.147. The Labute approximate surface area is 278 Å². The maximum absolute atomic E-state index is 15.2. The van der Waals surface area contributed by atoms with E-state index in [-0.39, 0.29) is 16.6 Å². The van der Waals surface area contributed by atoms with Crippen molar-refractivity contribution in [3.8, 4) is 6.07 Å². The number of rotatable bonds is 8. The average molecular weight is 633 g/mol. The lowest BCUT2D eigenvalue weighted by Gasteiger charge is -2.54. The van der Waals surface area contributed by atoms with Crippen LogP contribution in [0.5, 0.6) is 0 Å². The first-order chi connectivity index (χ1) is 22.1. The molecule has 0 aliphatic heterocycles. The van der Waals surface area contributed by atoms with Gasteiger partial charge in [0, 0.05) is 16.7 Å². The number of nitrogens with zero attached hydrogens (tertiary/aromatic N) is 1. The van der Waals surface area contributed by atoms with Gasteiger partial charge in [0.05, 0.1) is 17.3 Å². The van der Waals surface area contributed by atoms with Crippen molar-refractivity contribution in [2.45, 2.75) is 83.7 Å². The van der Waals surface area contributed by atoms with Gasteiger partial charge in [-0.3, -0.25) is 0 Å². The van der Waals surface area contributed by atoms with Crippen LogP contribution >= 0.6 is 12.8 Å². The zero-order valence-electron chi connectivity index (χ0n) is 27.0. The molecule has 5 heteroatoms. The minimum Gasteiger partial charge on any atom is -0.332 e. The van der Waals surface area contributed by atoms with Crippen molar-refractivity contribution in [1.29, 1.82) is 5.26 Å². The van der Waals surface area contributed by atoms with E-state index in [0.717, 1.165) is 77.5 Å². The molecule has 0 radical (unpaired) electrons. The lowest BCUT2D eigenvalue weighted by molar-refractivity contribution is 0.0700. The maximum atomic E-state index is 15.2. The van der Waals surface area contributed by atoms with Crippen LogP contribution in [0, 0.1) is 29.5 Å². The molecule has 7 rings (SSSR count). The summed E-state index contributed by atoms with van der Waals surface area (Å²) < 4.78 is 32.6. The smallest absolute Gasteiger partial charge is 0.123 e. The minimum atomic E-state index is -1.03. The fourth-order valence-electron chi connectivity index (χ4n) is 8.25. The SMILES string of the molecule is C=C(C)C12CCC(c3cccc(/C(C4=CC=C(C(C)F)CC4)=C(/c4cc(F)ccc4NS)c4c(C)cccc4C#N)c3)(CC1)CC2. The van der Waals surface area contributed by atoms with E-state index in [4.69, 9.17) is 0 Å². The van der Waals surface area contributed by atoms with Crippen molar-refractivity contribution in [3.63, 3.8) is 0 Å². The first-order valence-corrected chi connectivity index (χ1v) is 16.8. The number of nitrogens with one attached hydrogen (secondary N) is 1. The van der Waals surface area contributed by atoms with Crippen molar-refractivity contribution < 1.29 is 8.78 Å². The zero-order chi connectivity index (χ0) is 32.6. The second kappa shape index (κ2) is 12.7. The zero-order valence-corrected chi connectivity index (χ0v) is 27.9. The molecule has 2 bridgehead atoms. The Hall–Kier alpha value is -3.88. The third-order valence-electron chi connectivity index (χ3n) is 11.2. The Morgan fingerprint density at radius 3 is 2.28 bits per heavy atom. The number of hydrogen-bond acceptors (Lipinski definition) is 3. The molecule has 1 unspecified atom stereocenters. The van der Waals surface area contributed by atoms with Crippen LogP contribution in [0.3, 0.4) is 0 Å². The molecule has 0 heterocycles. The number of allylic oxidation sites excluding steroid dienone is 6. The molecule has 0 saturated heterocycles. The van der Waals surface area contributed by atoms with Gasteiger partial charge in [0.1, 0.15) is 12.0 Å². The van der Waals surface area contributed by atoms with Crippen LogP contribution in [0.15, 0.2) is 96.1 Å². The van der Waals surface area contributed by atoms with Crippen molar-refractivity contribution in [3.05, 3.63) is 135 Å². The molecule has 3 aromatic carbocycles. The van der Waals surface area contributed by atoms with E-state index in [9.17, 15) is 9.65 Å². The monoisotopic (exact) mass is 632 g/mol. The number of thiol groups is 1. The highest BCUT2D eigenvalue weighted by Crippen LogP contribution is 2.60. The van der Waals surface area contributed by atoms with Crippen LogP contribution in [-0.2, 0) is 5.41 Å². The van der Waals surface area contributed by atoms with Gasteiger partial charge in [-0.05, 0) is 141 Å². The number of halogens is 2. The molecule has 0 amide bonds. The third kappa shape index (κ3) is 5.66. The van der Waals surface area contributed by atoms with Gasteiger partial charge >= 0.3 is 0 Å². The predicted molar refractivity (Wildman–Crippen MR) is 190 cm³/mol. The van der Waals surface area contributed by atoms with Crippen LogP contribution in [0.25, 0.3) is 11.1 Å². The number of aryl methyl sites for hydroxylation is 1. The van der Waals surface area contributed by atoms with E-state index < -0.39 is 6.17 Å². The number of hydrogen-bond donors (Lipinski definition) is 2. The molecule has 3 saturated carbocycles. The highest BCUT2D eigenvalue weighted by molar-refractivity contribution is 7.81. The molecule has 3 fully saturated rings. The lowest BCUT2D eigenvalue weighted by Crippen LogP contribution is -2.44. The Bertz CT molecular complexity index is 1810. The predicted octanol–water partition coefficient (Wildman–Crippen LogP) is 11.4. The summed E-state index contributed by atoms with van der Waals surface area (Å²) in [6.45, 7) is 10.1. The van der Waals surface area contributed by atoms with E-state index in [1.807, 2.05) is 37.3 Å². The highest BCUT2D eigenvalue weighted by atomic mass is 32.1. The van der Waals surface area contributed by atoms with Crippen LogP contribution in [-0.4, -0.2) is 6.17 Å². The number of fused-ring (bicyclic) bond motifs is 3. The second-order valence-electron chi connectivity index (χ2n) is 13.6. The second-order valence-corrected chi connectivity index (χ2v) is 13.9. The molecule has 0 aromatic heterocycles. The number of alkyl halides is 1. The Morgan fingerprint density at radius 1 is 0.957 bits per heavy atom. The summed E-state index contributed by atoms with van der Waals surface area (Å²) in [4.78, 5) is 0. The van der Waals surface area contributed by atoms with Crippen molar-refractivity contribution in [2.24, 2.45) is 5.41 Å². The van der Waals surface area contributed by atoms with E-state index in [1.165, 1.54) is 23.3 Å². The number of benzene rings is 3. The number of anilines is 1. The van der Waals surface area contributed by atoms with Gasteiger partial charge in [-0.15, -0.1) is 0 Å². The molecular formula is C41H42F2N2S. The van der Waals surface area contributed by atoms with E-state index >= 15 is 4.39 Å². The molecule has 1 N–H and O–H groups in total. The van der Waals surface area contributed by atoms with Crippen molar-refractivity contribution in [1.82, 2.24) is 0 Å². The lowest BCUT2D eigenvalue weighted by atomic mass is 9.50. The van der Waals surface area contributed by atoms with Gasteiger partial charge in [-0.1, -0.05) is 73.5 Å². The van der Waals surface area contributed by atoms with Crippen LogP contribution in [0.4, 0.5) is 14.5 Å². The van der Waals surface area contributed by atoms with Gasteiger partial charge in [-0.2, -0.15) is 5.26 Å². The Balaban J connectivity index is 1.66. The van der Waals surface area contributed by atoms with Gasteiger partial charge in [0.25, 0.3) is 0 Å². The average Bonchev–Trinajstić information content (AvgIpc) is 3.08. The molecule has 1 atom stereocenters. The molecule has 46 heavy (non-hydrogen) atoms. The summed E-state index contributed by atoms with van der Waals surface area (Å²) in [5.41, 5.74) is 11.0. The largest absolute Gasteiger partial charge is 0.332 e. The van der Waals surface area contributed by atoms with Crippen LogP contribution in [0.1, 0.15) is 98.6 Å². The summed E-state index contributed by atoms with van der Waals surface area (Å²) in [6.07, 6.45) is 11.0. The summed E-state index contributed by atoms with van der Waals surface area (Å²) in [5.74, 6) is -0.379. The molecule has 3 aromatic rings. The van der Waals surface area contributed by atoms with Gasteiger partial charge in [0.15, 0.2) is 0 Å².